The fourth-order valence-corrected chi connectivity index (χ4v) is 3.08. The number of para-hydroxylation sites is 1. The predicted octanol–water partition coefficient (Wildman–Crippen LogP) is 2.13. The first-order valence-corrected chi connectivity index (χ1v) is 8.88. The van der Waals surface area contributed by atoms with Gasteiger partial charge in [0.15, 0.2) is 6.61 Å². The van der Waals surface area contributed by atoms with E-state index in [1.54, 1.807) is 34.1 Å². The van der Waals surface area contributed by atoms with Crippen molar-refractivity contribution < 1.29 is 14.3 Å². The third kappa shape index (κ3) is 4.16. The molecule has 1 N–H and O–H groups in total. The van der Waals surface area contributed by atoms with Crippen molar-refractivity contribution in [2.24, 2.45) is 0 Å². The molecule has 1 aliphatic heterocycles. The number of ether oxygens (including phenoxy) is 1. The fourth-order valence-electron chi connectivity index (χ4n) is 2.89. The molecule has 0 unspecified atom stereocenters. The molecule has 1 aromatic carbocycles. The van der Waals surface area contributed by atoms with Crippen LogP contribution in [0.4, 0.5) is 0 Å². The second kappa shape index (κ2) is 8.23. The lowest BCUT2D eigenvalue weighted by Gasteiger charge is -2.22. The Morgan fingerprint density at radius 1 is 1.19 bits per heavy atom. The van der Waals surface area contributed by atoms with Crippen LogP contribution in [0.15, 0.2) is 30.6 Å². The Bertz CT molecular complexity index is 792. The van der Waals surface area contributed by atoms with Crippen LogP contribution in [-0.4, -0.2) is 64.4 Å². The number of aryl methyl sites for hydroxylation is 1. The van der Waals surface area contributed by atoms with Crippen LogP contribution >= 0.6 is 11.6 Å². The number of imidazole rings is 1. The summed E-state index contributed by atoms with van der Waals surface area (Å²) >= 11 is 6.03. The van der Waals surface area contributed by atoms with E-state index in [0.717, 1.165) is 5.69 Å². The van der Waals surface area contributed by atoms with Crippen LogP contribution < -0.4 is 4.74 Å². The van der Waals surface area contributed by atoms with Crippen LogP contribution in [-0.2, 0) is 4.79 Å². The first-order chi connectivity index (χ1) is 12.6. The summed E-state index contributed by atoms with van der Waals surface area (Å²) < 4.78 is 5.52. The lowest BCUT2D eigenvalue weighted by molar-refractivity contribution is -0.133. The standard InChI is InChI=1S/C18H21ClN4O3/c1-13-17(21-12-20-13)18(25)23-8-4-7-22(9-10-23)16(24)11-26-15-6-3-2-5-14(15)19/h2-3,5-6,12H,4,7-11H2,1H3,(H,20,21). The predicted molar refractivity (Wildman–Crippen MR) is 97.4 cm³/mol. The maximum absolute atomic E-state index is 12.6. The summed E-state index contributed by atoms with van der Waals surface area (Å²) in [5.41, 5.74) is 1.19. The molecule has 0 spiro atoms. The summed E-state index contributed by atoms with van der Waals surface area (Å²) in [6.45, 7) is 3.88. The Morgan fingerprint density at radius 2 is 1.92 bits per heavy atom. The van der Waals surface area contributed by atoms with E-state index in [2.05, 4.69) is 9.97 Å². The Balaban J connectivity index is 1.55. The highest BCUT2D eigenvalue weighted by molar-refractivity contribution is 6.32. The number of halogens is 1. The van der Waals surface area contributed by atoms with Crippen molar-refractivity contribution >= 4 is 23.4 Å². The van der Waals surface area contributed by atoms with Gasteiger partial charge in [-0.3, -0.25) is 9.59 Å². The molecule has 8 heteroatoms. The second-order valence-electron chi connectivity index (χ2n) is 6.12. The molecule has 1 saturated heterocycles. The maximum atomic E-state index is 12.6. The maximum Gasteiger partial charge on any atom is 0.274 e. The molecule has 0 saturated carbocycles. The van der Waals surface area contributed by atoms with E-state index in [4.69, 9.17) is 16.3 Å². The molecule has 3 rings (SSSR count). The number of rotatable bonds is 4. The SMILES string of the molecule is Cc1[nH]cnc1C(=O)N1CCCN(C(=O)COc2ccccc2Cl)CC1. The molecular weight excluding hydrogens is 356 g/mol. The highest BCUT2D eigenvalue weighted by Crippen LogP contribution is 2.23. The van der Waals surface area contributed by atoms with Gasteiger partial charge in [0.2, 0.25) is 0 Å². The van der Waals surface area contributed by atoms with E-state index in [1.165, 1.54) is 6.33 Å². The third-order valence-electron chi connectivity index (χ3n) is 4.36. The average Bonchev–Trinajstić information content (AvgIpc) is 2.92. The summed E-state index contributed by atoms with van der Waals surface area (Å²) in [5, 5.41) is 0.474. The van der Waals surface area contributed by atoms with Gasteiger partial charge >= 0.3 is 0 Å². The number of hydrogen-bond acceptors (Lipinski definition) is 4. The number of carbonyl (C=O) groups excluding carboxylic acids is 2. The molecule has 7 nitrogen and oxygen atoms in total. The van der Waals surface area contributed by atoms with Crippen LogP contribution in [0.3, 0.4) is 0 Å². The van der Waals surface area contributed by atoms with E-state index in [9.17, 15) is 9.59 Å². The van der Waals surface area contributed by atoms with Gasteiger partial charge in [-0.2, -0.15) is 0 Å². The zero-order valence-electron chi connectivity index (χ0n) is 14.6. The highest BCUT2D eigenvalue weighted by Gasteiger charge is 2.25. The molecule has 2 aromatic rings. The number of hydrogen-bond donors (Lipinski definition) is 1. The van der Waals surface area contributed by atoms with E-state index in [1.807, 2.05) is 6.92 Å². The van der Waals surface area contributed by atoms with Crippen LogP contribution in [0.25, 0.3) is 0 Å². The Kier molecular flexibility index (Phi) is 5.78. The molecule has 0 atom stereocenters. The Hall–Kier alpha value is -2.54. The molecule has 0 bridgehead atoms. The summed E-state index contributed by atoms with van der Waals surface area (Å²) in [7, 11) is 0. The monoisotopic (exact) mass is 376 g/mol. The first kappa shape index (κ1) is 18.3. The van der Waals surface area contributed by atoms with Crippen LogP contribution in [0, 0.1) is 6.92 Å². The first-order valence-electron chi connectivity index (χ1n) is 8.50. The van der Waals surface area contributed by atoms with Gasteiger partial charge < -0.3 is 19.5 Å². The van der Waals surface area contributed by atoms with Crippen molar-refractivity contribution in [1.82, 2.24) is 19.8 Å². The minimum atomic E-state index is -0.116. The van der Waals surface area contributed by atoms with Crippen molar-refractivity contribution in [1.29, 1.82) is 0 Å². The van der Waals surface area contributed by atoms with Crippen molar-refractivity contribution in [3.8, 4) is 5.75 Å². The fraction of sp³-hybridized carbons (Fsp3) is 0.389. The molecule has 1 aromatic heterocycles. The number of nitrogens with zero attached hydrogens (tertiary/aromatic N) is 3. The number of aromatic nitrogens is 2. The van der Waals surface area contributed by atoms with E-state index < -0.39 is 0 Å². The van der Waals surface area contributed by atoms with Crippen molar-refractivity contribution in [2.75, 3.05) is 32.8 Å². The van der Waals surface area contributed by atoms with Gasteiger partial charge in [-0.25, -0.2) is 4.98 Å². The van der Waals surface area contributed by atoms with Gasteiger partial charge in [0.1, 0.15) is 11.4 Å². The zero-order chi connectivity index (χ0) is 18.5. The van der Waals surface area contributed by atoms with Crippen LogP contribution in [0.2, 0.25) is 5.02 Å². The minimum absolute atomic E-state index is 0.0733. The average molecular weight is 377 g/mol. The molecule has 138 valence electrons. The normalized spacial score (nSPS) is 14.8. The molecule has 0 radical (unpaired) electrons. The Labute approximate surface area is 156 Å². The second-order valence-corrected chi connectivity index (χ2v) is 6.53. The molecule has 2 amide bonds. The van der Waals surface area contributed by atoms with Gasteiger partial charge in [-0.1, -0.05) is 23.7 Å². The number of H-pyrrole nitrogens is 1. The molecule has 2 heterocycles. The summed E-state index contributed by atoms with van der Waals surface area (Å²) in [5.74, 6) is 0.267. The minimum Gasteiger partial charge on any atom is -0.482 e. The molecule has 0 aliphatic carbocycles. The van der Waals surface area contributed by atoms with Gasteiger partial charge in [0.25, 0.3) is 11.8 Å². The summed E-state index contributed by atoms with van der Waals surface area (Å²) in [6.07, 6.45) is 2.23. The van der Waals surface area contributed by atoms with Crippen LogP contribution in [0.5, 0.6) is 5.75 Å². The van der Waals surface area contributed by atoms with Gasteiger partial charge in [-0.05, 0) is 25.5 Å². The Morgan fingerprint density at radius 3 is 2.65 bits per heavy atom. The number of benzene rings is 1. The lowest BCUT2D eigenvalue weighted by Crippen LogP contribution is -2.39. The summed E-state index contributed by atoms with van der Waals surface area (Å²) in [6, 6.07) is 7.05. The van der Waals surface area contributed by atoms with Crippen molar-refractivity contribution in [3.05, 3.63) is 47.0 Å². The smallest absolute Gasteiger partial charge is 0.274 e. The van der Waals surface area contributed by atoms with Gasteiger partial charge in [0, 0.05) is 31.9 Å². The number of amides is 2. The third-order valence-corrected chi connectivity index (χ3v) is 4.67. The topological polar surface area (TPSA) is 78.5 Å². The van der Waals surface area contributed by atoms with Crippen molar-refractivity contribution in [3.63, 3.8) is 0 Å². The molecular formula is C18H21ClN4O3. The number of nitrogens with one attached hydrogen (secondary N) is 1. The highest BCUT2D eigenvalue weighted by atomic mass is 35.5. The zero-order valence-corrected chi connectivity index (χ0v) is 15.3. The largest absolute Gasteiger partial charge is 0.482 e. The van der Waals surface area contributed by atoms with Crippen LogP contribution in [0.1, 0.15) is 22.6 Å². The van der Waals surface area contributed by atoms with Gasteiger partial charge in [0.05, 0.1) is 11.3 Å². The van der Waals surface area contributed by atoms with E-state index in [0.29, 0.717) is 49.1 Å². The number of carbonyl (C=O) groups is 2. The molecule has 26 heavy (non-hydrogen) atoms. The lowest BCUT2D eigenvalue weighted by atomic mass is 10.3. The van der Waals surface area contributed by atoms with Crippen molar-refractivity contribution in [2.45, 2.75) is 13.3 Å². The molecule has 1 fully saturated rings. The summed E-state index contributed by atoms with van der Waals surface area (Å²) in [4.78, 5) is 35.5. The van der Waals surface area contributed by atoms with Gasteiger partial charge in [-0.15, -0.1) is 0 Å². The molecule has 1 aliphatic rings. The van der Waals surface area contributed by atoms with E-state index >= 15 is 0 Å². The number of aromatic amines is 1. The van der Waals surface area contributed by atoms with E-state index in [-0.39, 0.29) is 18.4 Å². The quantitative estimate of drug-likeness (QED) is 0.886.